The van der Waals surface area contributed by atoms with Crippen LogP contribution in [0.3, 0.4) is 0 Å². The number of carbonyl (C=O) groups excluding carboxylic acids is 1. The maximum atomic E-state index is 12.4. The first-order valence-electron chi connectivity index (χ1n) is 8.20. The van der Waals surface area contributed by atoms with Gasteiger partial charge in [-0.25, -0.2) is 17.9 Å². The largest absolute Gasteiger partial charge is 0.335 e. The minimum atomic E-state index is -3.83. The summed E-state index contributed by atoms with van der Waals surface area (Å²) in [6, 6.07) is 4.50. The molecule has 0 unspecified atom stereocenters. The quantitative estimate of drug-likeness (QED) is 0.783. The van der Waals surface area contributed by atoms with E-state index in [9.17, 15) is 13.2 Å². The summed E-state index contributed by atoms with van der Waals surface area (Å²) in [6.07, 6.45) is 6.06. The number of urea groups is 1. The molecule has 2 aliphatic rings. The fourth-order valence-corrected chi connectivity index (χ4v) is 4.23. The zero-order valence-corrected chi connectivity index (χ0v) is 13.9. The Balaban J connectivity index is 1.67. The summed E-state index contributed by atoms with van der Waals surface area (Å²) in [5.74, 6) is 0. The number of nitrogens with one attached hydrogen (secondary N) is 3. The predicted octanol–water partition coefficient (Wildman–Crippen LogP) is 1.65. The van der Waals surface area contributed by atoms with Gasteiger partial charge in [-0.15, -0.1) is 0 Å². The molecular formula is C16H23N3O3S. The van der Waals surface area contributed by atoms with Crippen LogP contribution in [0.2, 0.25) is 0 Å². The number of amides is 2. The highest BCUT2D eigenvalue weighted by atomic mass is 32.2. The third-order valence-electron chi connectivity index (χ3n) is 4.54. The summed E-state index contributed by atoms with van der Waals surface area (Å²) in [5, 5.41) is 5.99. The second-order valence-electron chi connectivity index (χ2n) is 6.27. The summed E-state index contributed by atoms with van der Waals surface area (Å²) in [4.78, 5) is 12.1. The molecule has 3 rings (SSSR count). The lowest BCUT2D eigenvalue weighted by Crippen LogP contribution is -2.45. The van der Waals surface area contributed by atoms with Crippen LogP contribution >= 0.6 is 0 Å². The van der Waals surface area contributed by atoms with Crippen LogP contribution in [0, 0.1) is 0 Å². The van der Waals surface area contributed by atoms with E-state index in [0.29, 0.717) is 6.54 Å². The fraction of sp³-hybridized carbons (Fsp3) is 0.562. The minimum absolute atomic E-state index is 0.0756. The molecule has 7 heteroatoms. The normalized spacial score (nSPS) is 19.0. The molecule has 0 radical (unpaired) electrons. The van der Waals surface area contributed by atoms with E-state index in [0.717, 1.165) is 49.8 Å². The predicted molar refractivity (Wildman–Crippen MR) is 87.6 cm³/mol. The summed E-state index contributed by atoms with van der Waals surface area (Å²) in [6.45, 7) is 1.56. The van der Waals surface area contributed by atoms with Gasteiger partial charge in [-0.2, -0.15) is 0 Å². The van der Waals surface area contributed by atoms with Gasteiger partial charge in [0, 0.05) is 12.6 Å². The molecule has 1 aromatic rings. The highest BCUT2D eigenvalue weighted by Gasteiger charge is 2.22. The molecule has 0 aromatic heterocycles. The average molecular weight is 337 g/mol. The van der Waals surface area contributed by atoms with E-state index in [1.807, 2.05) is 6.07 Å². The van der Waals surface area contributed by atoms with E-state index in [2.05, 4.69) is 15.4 Å². The van der Waals surface area contributed by atoms with Gasteiger partial charge in [-0.3, -0.25) is 0 Å². The lowest BCUT2D eigenvalue weighted by atomic mass is 9.96. The summed E-state index contributed by atoms with van der Waals surface area (Å²) in [7, 11) is -3.83. The first-order chi connectivity index (χ1) is 11.0. The first kappa shape index (κ1) is 16.3. The van der Waals surface area contributed by atoms with Crippen molar-refractivity contribution in [2.45, 2.75) is 56.0 Å². The zero-order chi connectivity index (χ0) is 16.3. The highest BCUT2D eigenvalue weighted by Crippen LogP contribution is 2.19. The Hall–Kier alpha value is -1.60. The van der Waals surface area contributed by atoms with Crippen molar-refractivity contribution in [2.24, 2.45) is 0 Å². The van der Waals surface area contributed by atoms with Crippen LogP contribution < -0.4 is 15.4 Å². The van der Waals surface area contributed by atoms with Gasteiger partial charge in [-0.1, -0.05) is 25.3 Å². The van der Waals surface area contributed by atoms with Gasteiger partial charge in [0.1, 0.15) is 0 Å². The molecule has 2 amide bonds. The lowest BCUT2D eigenvalue weighted by molar-refractivity contribution is 0.237. The van der Waals surface area contributed by atoms with E-state index >= 15 is 0 Å². The molecule has 1 fully saturated rings. The second kappa shape index (κ2) is 6.88. The Morgan fingerprint density at radius 1 is 1.13 bits per heavy atom. The Morgan fingerprint density at radius 3 is 2.70 bits per heavy atom. The molecule has 1 saturated carbocycles. The van der Waals surface area contributed by atoms with Crippen LogP contribution in [-0.2, 0) is 23.0 Å². The van der Waals surface area contributed by atoms with E-state index in [1.165, 1.54) is 6.42 Å². The van der Waals surface area contributed by atoms with Crippen molar-refractivity contribution in [2.75, 3.05) is 6.54 Å². The average Bonchev–Trinajstić information content (AvgIpc) is 2.54. The molecule has 126 valence electrons. The molecular weight excluding hydrogens is 314 g/mol. The van der Waals surface area contributed by atoms with Gasteiger partial charge in [0.25, 0.3) is 10.0 Å². The van der Waals surface area contributed by atoms with Gasteiger partial charge in [0.2, 0.25) is 0 Å². The molecule has 1 aromatic carbocycles. The monoisotopic (exact) mass is 337 g/mol. The van der Waals surface area contributed by atoms with Crippen molar-refractivity contribution in [1.29, 1.82) is 0 Å². The van der Waals surface area contributed by atoms with Gasteiger partial charge >= 0.3 is 6.03 Å². The summed E-state index contributed by atoms with van der Waals surface area (Å²) in [5.41, 5.74) is 2.14. The van der Waals surface area contributed by atoms with E-state index < -0.39 is 16.1 Å². The smallest absolute Gasteiger partial charge is 0.328 e. The van der Waals surface area contributed by atoms with Crippen molar-refractivity contribution in [1.82, 2.24) is 15.4 Å². The molecule has 0 saturated heterocycles. The number of benzene rings is 1. The molecule has 1 heterocycles. The van der Waals surface area contributed by atoms with Crippen molar-refractivity contribution in [3.05, 3.63) is 29.3 Å². The topological polar surface area (TPSA) is 87.3 Å². The third-order valence-corrected chi connectivity index (χ3v) is 5.87. The Kier molecular flexibility index (Phi) is 4.87. The maximum Gasteiger partial charge on any atom is 0.328 e. The molecule has 0 spiro atoms. The molecule has 3 N–H and O–H groups in total. The summed E-state index contributed by atoms with van der Waals surface area (Å²) >= 11 is 0. The van der Waals surface area contributed by atoms with Crippen molar-refractivity contribution in [3.63, 3.8) is 0 Å². The minimum Gasteiger partial charge on any atom is -0.335 e. The third kappa shape index (κ3) is 4.03. The molecule has 0 bridgehead atoms. The SMILES string of the molecule is O=C(NC1CCCCC1)NS(=O)(=O)c1ccc2c(c1)CNCC2. The Labute approximate surface area is 137 Å². The molecule has 0 atom stereocenters. The first-order valence-corrected chi connectivity index (χ1v) is 9.69. The second-order valence-corrected chi connectivity index (χ2v) is 7.95. The molecule has 6 nitrogen and oxygen atoms in total. The van der Waals surface area contributed by atoms with Gasteiger partial charge in [-0.05, 0) is 49.1 Å². The molecule has 1 aliphatic heterocycles. The molecule has 1 aliphatic carbocycles. The van der Waals surface area contributed by atoms with Crippen LogP contribution in [0.1, 0.15) is 43.2 Å². The van der Waals surface area contributed by atoms with Crippen LogP contribution in [0.5, 0.6) is 0 Å². The number of sulfonamides is 1. The number of hydrogen-bond donors (Lipinski definition) is 3. The van der Waals surface area contributed by atoms with Crippen molar-refractivity contribution >= 4 is 16.1 Å². The van der Waals surface area contributed by atoms with Crippen LogP contribution in [0.25, 0.3) is 0 Å². The zero-order valence-electron chi connectivity index (χ0n) is 13.1. The van der Waals surface area contributed by atoms with Crippen molar-refractivity contribution in [3.8, 4) is 0 Å². The number of hydrogen-bond acceptors (Lipinski definition) is 4. The van der Waals surface area contributed by atoms with E-state index in [1.54, 1.807) is 12.1 Å². The molecule has 23 heavy (non-hydrogen) atoms. The van der Waals surface area contributed by atoms with Crippen LogP contribution in [-0.4, -0.2) is 27.0 Å². The van der Waals surface area contributed by atoms with Gasteiger partial charge < -0.3 is 10.6 Å². The number of carbonyl (C=O) groups is 1. The number of fused-ring (bicyclic) bond motifs is 1. The highest BCUT2D eigenvalue weighted by molar-refractivity contribution is 7.90. The Bertz CT molecular complexity index is 682. The fourth-order valence-electron chi connectivity index (χ4n) is 3.27. The standard InChI is InChI=1S/C16H23N3O3S/c20-16(18-14-4-2-1-3-5-14)19-23(21,22)15-7-6-12-8-9-17-11-13(12)10-15/h6-7,10,14,17H,1-5,8-9,11H2,(H2,18,19,20). The maximum absolute atomic E-state index is 12.4. The lowest BCUT2D eigenvalue weighted by Gasteiger charge is -2.23. The summed E-state index contributed by atoms with van der Waals surface area (Å²) < 4.78 is 26.9. The van der Waals surface area contributed by atoms with Crippen LogP contribution in [0.15, 0.2) is 23.1 Å². The van der Waals surface area contributed by atoms with Crippen LogP contribution in [0.4, 0.5) is 4.79 Å². The Morgan fingerprint density at radius 2 is 1.91 bits per heavy atom. The van der Waals surface area contributed by atoms with Gasteiger partial charge in [0.05, 0.1) is 4.90 Å². The van der Waals surface area contributed by atoms with E-state index in [-0.39, 0.29) is 10.9 Å². The van der Waals surface area contributed by atoms with Crippen molar-refractivity contribution < 1.29 is 13.2 Å². The van der Waals surface area contributed by atoms with Gasteiger partial charge in [0.15, 0.2) is 0 Å². The number of rotatable bonds is 3. The van der Waals surface area contributed by atoms with E-state index in [4.69, 9.17) is 0 Å².